The number of H-pyrrole nitrogens is 1. The van der Waals surface area contributed by atoms with Gasteiger partial charge in [-0.3, -0.25) is 9.89 Å². The summed E-state index contributed by atoms with van der Waals surface area (Å²) in [5, 5.41) is 37.4. The highest BCUT2D eigenvalue weighted by molar-refractivity contribution is 6.31. The van der Waals surface area contributed by atoms with Gasteiger partial charge in [-0.1, -0.05) is 17.7 Å². The van der Waals surface area contributed by atoms with E-state index >= 15 is 0 Å². The second kappa shape index (κ2) is 8.49. The fourth-order valence-corrected chi connectivity index (χ4v) is 4.06. The number of hydrogen-bond acceptors (Lipinski definition) is 6. The van der Waals surface area contributed by atoms with E-state index in [1.807, 2.05) is 6.92 Å². The van der Waals surface area contributed by atoms with Crippen LogP contribution in [0.4, 0.5) is 0 Å². The number of carbonyl (C=O) groups excluding carboxylic acids is 1. The molecule has 1 unspecified atom stereocenters. The molecule has 0 radical (unpaired) electrons. The van der Waals surface area contributed by atoms with Gasteiger partial charge in [-0.2, -0.15) is 5.10 Å². The molecule has 0 saturated heterocycles. The van der Waals surface area contributed by atoms with Gasteiger partial charge in [0.1, 0.15) is 17.1 Å². The molecule has 162 valence electrons. The van der Waals surface area contributed by atoms with Gasteiger partial charge in [-0.05, 0) is 49.2 Å². The van der Waals surface area contributed by atoms with Crippen molar-refractivity contribution in [3.05, 3.63) is 58.2 Å². The van der Waals surface area contributed by atoms with E-state index in [0.29, 0.717) is 58.4 Å². The minimum absolute atomic E-state index is 0.00282. The molecule has 8 nitrogen and oxygen atoms in total. The van der Waals surface area contributed by atoms with Gasteiger partial charge >= 0.3 is 0 Å². The van der Waals surface area contributed by atoms with E-state index in [2.05, 4.69) is 10.2 Å². The number of hydrogen-bond donors (Lipinski definition) is 4. The van der Waals surface area contributed by atoms with Gasteiger partial charge in [-0.15, -0.1) is 0 Å². The van der Waals surface area contributed by atoms with E-state index in [9.17, 15) is 20.1 Å². The third-order valence-corrected chi connectivity index (χ3v) is 5.47. The van der Waals surface area contributed by atoms with Crippen LogP contribution in [0.3, 0.4) is 0 Å². The Labute approximate surface area is 183 Å². The first-order valence-electron chi connectivity index (χ1n) is 9.91. The van der Waals surface area contributed by atoms with Crippen LogP contribution < -0.4 is 4.74 Å². The van der Waals surface area contributed by atoms with Gasteiger partial charge in [0.15, 0.2) is 11.5 Å². The van der Waals surface area contributed by atoms with Crippen LogP contribution in [0.2, 0.25) is 5.02 Å². The van der Waals surface area contributed by atoms with Crippen LogP contribution in [-0.2, 0) is 0 Å². The molecule has 9 heteroatoms. The molecule has 0 spiro atoms. The second-order valence-corrected chi connectivity index (χ2v) is 7.60. The maximum absolute atomic E-state index is 13.2. The van der Waals surface area contributed by atoms with Crippen molar-refractivity contribution in [1.82, 2.24) is 15.1 Å². The number of phenols is 2. The van der Waals surface area contributed by atoms with Crippen molar-refractivity contribution in [3.8, 4) is 28.5 Å². The predicted octanol–water partition coefficient (Wildman–Crippen LogP) is 3.47. The molecule has 0 bridgehead atoms. The average Bonchev–Trinajstić information content (AvgIpc) is 3.29. The standard InChI is InChI=1S/C22H22ClN3O5/c1-2-31-17-10-12(4-6-16(17)29)21-18-19(14-11-13(23)5-7-15(14)28)24-25-20(18)22(30)26(21)8-3-9-27/h4-7,10-11,21,27-29H,2-3,8-9H2,1H3,(H,24,25). The summed E-state index contributed by atoms with van der Waals surface area (Å²) in [4.78, 5) is 14.8. The largest absolute Gasteiger partial charge is 0.507 e. The van der Waals surface area contributed by atoms with Crippen LogP contribution in [0.1, 0.15) is 41.0 Å². The number of ether oxygens (including phenoxy) is 1. The van der Waals surface area contributed by atoms with Gasteiger partial charge < -0.3 is 25.0 Å². The topological polar surface area (TPSA) is 119 Å². The Morgan fingerprint density at radius 1 is 1.19 bits per heavy atom. The van der Waals surface area contributed by atoms with Gasteiger partial charge in [0.05, 0.1) is 12.6 Å². The van der Waals surface area contributed by atoms with Crippen molar-refractivity contribution in [2.45, 2.75) is 19.4 Å². The fourth-order valence-electron chi connectivity index (χ4n) is 3.89. The summed E-state index contributed by atoms with van der Waals surface area (Å²) in [5.41, 5.74) is 2.41. The first-order chi connectivity index (χ1) is 15.0. The third-order valence-electron chi connectivity index (χ3n) is 5.23. The molecule has 1 atom stereocenters. The lowest BCUT2D eigenvalue weighted by Crippen LogP contribution is -2.31. The Morgan fingerprint density at radius 2 is 1.97 bits per heavy atom. The second-order valence-electron chi connectivity index (χ2n) is 7.16. The van der Waals surface area contributed by atoms with Crippen molar-refractivity contribution < 1.29 is 24.9 Å². The molecule has 4 N–H and O–H groups in total. The van der Waals surface area contributed by atoms with E-state index in [1.165, 1.54) is 12.1 Å². The molecular weight excluding hydrogens is 422 g/mol. The monoisotopic (exact) mass is 443 g/mol. The van der Waals surface area contributed by atoms with Crippen LogP contribution in [-0.4, -0.2) is 56.1 Å². The summed E-state index contributed by atoms with van der Waals surface area (Å²) >= 11 is 6.14. The number of aromatic nitrogens is 2. The Bertz CT molecular complexity index is 1130. The van der Waals surface area contributed by atoms with Gasteiger partial charge in [0.25, 0.3) is 5.91 Å². The average molecular weight is 444 g/mol. The smallest absolute Gasteiger partial charge is 0.273 e. The predicted molar refractivity (Wildman–Crippen MR) is 115 cm³/mol. The Balaban J connectivity index is 1.89. The maximum Gasteiger partial charge on any atom is 0.273 e. The molecule has 1 aromatic heterocycles. The normalized spacial score (nSPS) is 15.4. The lowest BCUT2D eigenvalue weighted by atomic mass is 9.95. The number of phenolic OH excluding ortho intramolecular Hbond substituents is 2. The molecular formula is C22H22ClN3O5. The Morgan fingerprint density at radius 3 is 2.71 bits per heavy atom. The van der Waals surface area contributed by atoms with Crippen LogP contribution in [0.5, 0.6) is 17.2 Å². The molecule has 2 heterocycles. The molecule has 0 fully saturated rings. The van der Waals surface area contributed by atoms with E-state index in [4.69, 9.17) is 16.3 Å². The zero-order chi connectivity index (χ0) is 22.1. The lowest BCUT2D eigenvalue weighted by molar-refractivity contribution is 0.0732. The number of aliphatic hydroxyl groups excluding tert-OH is 1. The van der Waals surface area contributed by atoms with Gasteiger partial charge in [0, 0.05) is 29.3 Å². The molecule has 31 heavy (non-hydrogen) atoms. The number of nitrogens with zero attached hydrogens (tertiary/aromatic N) is 2. The minimum Gasteiger partial charge on any atom is -0.507 e. The van der Waals surface area contributed by atoms with Crippen molar-refractivity contribution in [2.24, 2.45) is 0 Å². The summed E-state index contributed by atoms with van der Waals surface area (Å²) < 4.78 is 5.52. The zero-order valence-corrected chi connectivity index (χ0v) is 17.6. The quantitative estimate of drug-likeness (QED) is 0.444. The number of aliphatic hydroxyl groups is 1. The number of fused-ring (bicyclic) bond motifs is 1. The summed E-state index contributed by atoms with van der Waals surface area (Å²) in [6.45, 7) is 2.43. The summed E-state index contributed by atoms with van der Waals surface area (Å²) in [7, 11) is 0. The summed E-state index contributed by atoms with van der Waals surface area (Å²) in [5.74, 6) is 0.0229. The molecule has 4 rings (SSSR count). The van der Waals surface area contributed by atoms with Crippen molar-refractivity contribution >= 4 is 17.5 Å². The number of aromatic hydroxyl groups is 2. The molecule has 1 amide bonds. The number of rotatable bonds is 7. The highest BCUT2D eigenvalue weighted by Crippen LogP contribution is 2.46. The van der Waals surface area contributed by atoms with Crippen molar-refractivity contribution in [2.75, 3.05) is 19.8 Å². The van der Waals surface area contributed by atoms with E-state index in [0.717, 1.165) is 0 Å². The highest BCUT2D eigenvalue weighted by Gasteiger charge is 2.42. The molecule has 0 saturated carbocycles. The van der Waals surface area contributed by atoms with Crippen LogP contribution >= 0.6 is 11.6 Å². The van der Waals surface area contributed by atoms with E-state index in [1.54, 1.807) is 29.2 Å². The third kappa shape index (κ3) is 3.68. The number of aromatic amines is 1. The minimum atomic E-state index is -0.555. The lowest BCUT2D eigenvalue weighted by Gasteiger charge is -2.26. The van der Waals surface area contributed by atoms with Crippen LogP contribution in [0, 0.1) is 0 Å². The highest BCUT2D eigenvalue weighted by atomic mass is 35.5. The van der Waals surface area contributed by atoms with Crippen molar-refractivity contribution in [3.63, 3.8) is 0 Å². The SMILES string of the molecule is CCOc1cc(C2c3c(-c4cc(Cl)ccc4O)n[nH]c3C(=O)N2CCCO)ccc1O. The molecule has 0 aliphatic carbocycles. The molecule has 1 aliphatic rings. The zero-order valence-electron chi connectivity index (χ0n) is 16.8. The number of carbonyl (C=O) groups is 1. The first-order valence-corrected chi connectivity index (χ1v) is 10.3. The van der Waals surface area contributed by atoms with Gasteiger partial charge in [-0.25, -0.2) is 0 Å². The Hall–Kier alpha value is -3.23. The molecule has 1 aliphatic heterocycles. The summed E-state index contributed by atoms with van der Waals surface area (Å²) in [6, 6.07) is 9.00. The van der Waals surface area contributed by atoms with E-state index < -0.39 is 6.04 Å². The fraction of sp³-hybridized carbons (Fsp3) is 0.273. The van der Waals surface area contributed by atoms with Gasteiger partial charge in [0.2, 0.25) is 0 Å². The van der Waals surface area contributed by atoms with Crippen molar-refractivity contribution in [1.29, 1.82) is 0 Å². The number of benzene rings is 2. The number of halogens is 1. The number of nitrogens with one attached hydrogen (secondary N) is 1. The van der Waals surface area contributed by atoms with Crippen LogP contribution in [0.15, 0.2) is 36.4 Å². The molecule has 2 aromatic carbocycles. The van der Waals surface area contributed by atoms with Crippen LogP contribution in [0.25, 0.3) is 11.3 Å². The summed E-state index contributed by atoms with van der Waals surface area (Å²) in [6.07, 6.45) is 0.397. The molecule has 3 aromatic rings. The maximum atomic E-state index is 13.2. The number of amides is 1. The first kappa shape index (κ1) is 21.0. The Kier molecular flexibility index (Phi) is 5.75. The van der Waals surface area contributed by atoms with E-state index in [-0.39, 0.29) is 24.0 Å².